The van der Waals surface area contributed by atoms with Crippen molar-refractivity contribution in [3.63, 3.8) is 0 Å². The average Bonchev–Trinajstić information content (AvgIpc) is 2.83. The number of rotatable bonds is 11. The van der Waals surface area contributed by atoms with E-state index >= 15 is 0 Å². The summed E-state index contributed by atoms with van der Waals surface area (Å²) in [7, 11) is -3.89. The second kappa shape index (κ2) is 11.9. The molecule has 3 rings (SSSR count). The zero-order valence-corrected chi connectivity index (χ0v) is 20.7. The number of nitrogens with one attached hydrogen (secondary N) is 1. The van der Waals surface area contributed by atoms with Crippen LogP contribution in [-0.4, -0.2) is 33.2 Å². The predicted octanol–water partition coefficient (Wildman–Crippen LogP) is 4.94. The molecule has 0 bridgehead atoms. The van der Waals surface area contributed by atoms with Crippen LogP contribution >= 0.6 is 11.8 Å². The molecule has 0 unspecified atom stereocenters. The minimum atomic E-state index is -3.89. The van der Waals surface area contributed by atoms with E-state index in [-0.39, 0.29) is 17.3 Å². The van der Waals surface area contributed by atoms with Gasteiger partial charge in [-0.25, -0.2) is 8.42 Å². The maximum Gasteiger partial charge on any atom is 0.264 e. The van der Waals surface area contributed by atoms with Crippen LogP contribution in [0, 0.1) is 13.8 Å². The molecule has 0 atom stereocenters. The quantitative estimate of drug-likeness (QED) is 0.393. The fourth-order valence-electron chi connectivity index (χ4n) is 3.38. The van der Waals surface area contributed by atoms with Gasteiger partial charge < -0.3 is 5.32 Å². The number of amides is 1. The summed E-state index contributed by atoms with van der Waals surface area (Å²) in [5, 5.41) is 2.88. The Labute approximate surface area is 201 Å². The van der Waals surface area contributed by atoms with E-state index in [2.05, 4.69) is 17.4 Å². The van der Waals surface area contributed by atoms with Gasteiger partial charge in [-0.1, -0.05) is 60.7 Å². The van der Waals surface area contributed by atoms with E-state index in [4.69, 9.17) is 0 Å². The topological polar surface area (TPSA) is 66.5 Å². The molecule has 33 heavy (non-hydrogen) atoms. The Balaban J connectivity index is 1.63. The van der Waals surface area contributed by atoms with Crippen molar-refractivity contribution in [1.29, 1.82) is 0 Å². The first-order valence-electron chi connectivity index (χ1n) is 10.9. The average molecular weight is 483 g/mol. The second-order valence-corrected chi connectivity index (χ2v) is 10.8. The smallest absolute Gasteiger partial charge is 0.264 e. The van der Waals surface area contributed by atoms with Crippen molar-refractivity contribution in [2.75, 3.05) is 23.1 Å². The van der Waals surface area contributed by atoms with Crippen LogP contribution in [0.5, 0.6) is 0 Å². The third-order valence-electron chi connectivity index (χ3n) is 5.36. The summed E-state index contributed by atoms with van der Waals surface area (Å²) in [6, 6.07) is 24.0. The van der Waals surface area contributed by atoms with Crippen molar-refractivity contribution >= 4 is 33.4 Å². The Morgan fingerprint density at radius 1 is 0.909 bits per heavy atom. The highest BCUT2D eigenvalue weighted by molar-refractivity contribution is 7.98. The summed E-state index contributed by atoms with van der Waals surface area (Å²) in [6.07, 6.45) is 0.818. The minimum absolute atomic E-state index is 0.163. The van der Waals surface area contributed by atoms with Crippen molar-refractivity contribution in [3.8, 4) is 0 Å². The number of carbonyl (C=O) groups excluding carboxylic acids is 1. The Kier molecular flexibility index (Phi) is 8.97. The maximum absolute atomic E-state index is 13.4. The third-order valence-corrected chi connectivity index (χ3v) is 8.25. The molecule has 174 valence electrons. The number of carbonyl (C=O) groups is 1. The molecule has 0 heterocycles. The normalized spacial score (nSPS) is 11.2. The molecule has 5 nitrogen and oxygen atoms in total. The summed E-state index contributed by atoms with van der Waals surface area (Å²) < 4.78 is 28.1. The van der Waals surface area contributed by atoms with Gasteiger partial charge in [0.1, 0.15) is 6.54 Å². The molecule has 0 saturated carbocycles. The number of nitrogens with zero attached hydrogens (tertiary/aromatic N) is 1. The summed E-state index contributed by atoms with van der Waals surface area (Å²) in [5.41, 5.74) is 3.60. The first-order valence-corrected chi connectivity index (χ1v) is 13.5. The van der Waals surface area contributed by atoms with Gasteiger partial charge in [0.2, 0.25) is 5.91 Å². The monoisotopic (exact) mass is 482 g/mol. The van der Waals surface area contributed by atoms with E-state index in [0.29, 0.717) is 12.2 Å². The number of benzene rings is 3. The molecular weight excluding hydrogens is 452 g/mol. The maximum atomic E-state index is 13.4. The molecule has 0 aliphatic heterocycles. The van der Waals surface area contributed by atoms with Crippen molar-refractivity contribution in [1.82, 2.24) is 5.32 Å². The second-order valence-electron chi connectivity index (χ2n) is 7.79. The highest BCUT2D eigenvalue weighted by Gasteiger charge is 2.28. The lowest BCUT2D eigenvalue weighted by molar-refractivity contribution is -0.119. The van der Waals surface area contributed by atoms with Gasteiger partial charge in [-0.3, -0.25) is 9.10 Å². The van der Waals surface area contributed by atoms with E-state index in [9.17, 15) is 13.2 Å². The van der Waals surface area contributed by atoms with E-state index in [1.54, 1.807) is 36.4 Å². The van der Waals surface area contributed by atoms with Gasteiger partial charge in [-0.15, -0.1) is 0 Å². The van der Waals surface area contributed by atoms with Gasteiger partial charge in [0.25, 0.3) is 10.0 Å². The molecule has 0 fully saturated rings. The standard InChI is InChI=1S/C26H30N2O3S2/c1-21-11-9-16-25(22(21)2)28(33(30,31)24-14-7-4-8-15-24)19-26(29)27-17-10-18-32-20-23-12-5-3-6-13-23/h3-9,11-16H,10,17-20H2,1-2H3,(H,27,29). The Hall–Kier alpha value is -2.77. The summed E-state index contributed by atoms with van der Waals surface area (Å²) in [6.45, 7) is 4.05. The molecule has 0 spiro atoms. The molecule has 3 aromatic rings. The lowest BCUT2D eigenvalue weighted by atomic mass is 10.1. The van der Waals surface area contributed by atoms with E-state index in [1.165, 1.54) is 9.87 Å². The molecule has 0 aliphatic carbocycles. The highest BCUT2D eigenvalue weighted by Crippen LogP contribution is 2.28. The molecule has 0 saturated heterocycles. The summed E-state index contributed by atoms with van der Waals surface area (Å²) >= 11 is 1.82. The zero-order chi connectivity index (χ0) is 23.7. The highest BCUT2D eigenvalue weighted by atomic mass is 32.2. The molecule has 0 radical (unpaired) electrons. The Bertz CT molecular complexity index is 1150. The molecule has 1 N–H and O–H groups in total. The molecule has 0 aromatic heterocycles. The molecular formula is C26H30N2O3S2. The summed E-state index contributed by atoms with van der Waals surface area (Å²) in [5.74, 6) is 1.53. The van der Waals surface area contributed by atoms with Crippen molar-refractivity contribution in [3.05, 3.63) is 95.6 Å². The van der Waals surface area contributed by atoms with Crippen LogP contribution in [0.4, 0.5) is 5.69 Å². The van der Waals surface area contributed by atoms with E-state index in [0.717, 1.165) is 29.1 Å². The number of thioether (sulfide) groups is 1. The van der Waals surface area contributed by atoms with Crippen LogP contribution in [-0.2, 0) is 20.6 Å². The minimum Gasteiger partial charge on any atom is -0.354 e. The van der Waals surface area contributed by atoms with Gasteiger partial charge in [-0.05, 0) is 60.9 Å². The molecule has 3 aromatic carbocycles. The molecule has 0 aliphatic rings. The number of hydrogen-bond acceptors (Lipinski definition) is 4. The number of sulfonamides is 1. The van der Waals surface area contributed by atoms with E-state index in [1.807, 2.05) is 55.9 Å². The van der Waals surface area contributed by atoms with Gasteiger partial charge in [0.05, 0.1) is 10.6 Å². The zero-order valence-electron chi connectivity index (χ0n) is 19.0. The van der Waals surface area contributed by atoms with Crippen LogP contribution in [0.3, 0.4) is 0 Å². The summed E-state index contributed by atoms with van der Waals surface area (Å²) in [4.78, 5) is 12.9. The van der Waals surface area contributed by atoms with Gasteiger partial charge in [0, 0.05) is 12.3 Å². The lowest BCUT2D eigenvalue weighted by Gasteiger charge is -2.26. The Morgan fingerprint density at radius 3 is 2.27 bits per heavy atom. The van der Waals surface area contributed by atoms with Gasteiger partial charge in [-0.2, -0.15) is 11.8 Å². The molecule has 7 heteroatoms. The van der Waals surface area contributed by atoms with Crippen LogP contribution in [0.2, 0.25) is 0 Å². The van der Waals surface area contributed by atoms with Crippen molar-refractivity contribution in [2.45, 2.75) is 30.9 Å². The molecule has 1 amide bonds. The number of aryl methyl sites for hydroxylation is 1. The Morgan fingerprint density at radius 2 is 1.58 bits per heavy atom. The fourth-order valence-corrected chi connectivity index (χ4v) is 5.80. The fraction of sp³-hybridized carbons (Fsp3) is 0.269. The SMILES string of the molecule is Cc1cccc(N(CC(=O)NCCCSCc2ccccc2)S(=O)(=O)c2ccccc2)c1C. The van der Waals surface area contributed by atoms with Crippen LogP contribution in [0.1, 0.15) is 23.1 Å². The largest absolute Gasteiger partial charge is 0.354 e. The van der Waals surface area contributed by atoms with Gasteiger partial charge >= 0.3 is 0 Å². The third kappa shape index (κ3) is 6.85. The van der Waals surface area contributed by atoms with Crippen molar-refractivity contribution < 1.29 is 13.2 Å². The predicted molar refractivity (Wildman–Crippen MR) is 137 cm³/mol. The van der Waals surface area contributed by atoms with E-state index < -0.39 is 10.0 Å². The first kappa shape index (κ1) is 24.9. The number of anilines is 1. The number of hydrogen-bond donors (Lipinski definition) is 1. The van der Waals surface area contributed by atoms with Gasteiger partial charge in [0.15, 0.2) is 0 Å². The first-order chi connectivity index (χ1) is 15.9. The van der Waals surface area contributed by atoms with Crippen LogP contribution in [0.25, 0.3) is 0 Å². The van der Waals surface area contributed by atoms with Crippen molar-refractivity contribution in [2.24, 2.45) is 0 Å². The lowest BCUT2D eigenvalue weighted by Crippen LogP contribution is -2.41. The van der Waals surface area contributed by atoms with Crippen LogP contribution < -0.4 is 9.62 Å². The van der Waals surface area contributed by atoms with Crippen LogP contribution in [0.15, 0.2) is 83.8 Å².